The Morgan fingerprint density at radius 3 is 2.83 bits per heavy atom. The van der Waals surface area contributed by atoms with Crippen molar-refractivity contribution in [1.82, 2.24) is 9.97 Å². The molecule has 2 rings (SSSR count). The van der Waals surface area contributed by atoms with E-state index < -0.39 is 5.97 Å². The molecule has 7 heteroatoms. The number of hydrogen-bond acceptors (Lipinski definition) is 7. The van der Waals surface area contributed by atoms with Gasteiger partial charge in [-0.3, -0.25) is 0 Å². The third-order valence-corrected chi connectivity index (χ3v) is 3.08. The predicted molar refractivity (Wildman–Crippen MR) is 67.6 cm³/mol. The number of esters is 1. The fraction of sp³-hybridized carbons (Fsp3) is 0.182. The number of methoxy groups -OCH3 is 2. The van der Waals surface area contributed by atoms with E-state index in [4.69, 9.17) is 10.5 Å². The second-order valence-corrected chi connectivity index (χ2v) is 4.17. The van der Waals surface area contributed by atoms with Crippen molar-refractivity contribution in [3.05, 3.63) is 23.2 Å². The van der Waals surface area contributed by atoms with Crippen LogP contribution in [0.15, 0.2) is 17.6 Å². The summed E-state index contributed by atoms with van der Waals surface area (Å²) in [5.41, 5.74) is 7.20. The van der Waals surface area contributed by atoms with Crippen LogP contribution in [-0.4, -0.2) is 30.2 Å². The van der Waals surface area contributed by atoms with E-state index >= 15 is 0 Å². The number of anilines is 1. The van der Waals surface area contributed by atoms with E-state index in [-0.39, 0.29) is 11.4 Å². The lowest BCUT2D eigenvalue weighted by Crippen LogP contribution is -2.07. The van der Waals surface area contributed by atoms with E-state index in [1.807, 2.05) is 5.38 Å². The first kappa shape index (κ1) is 12.3. The highest BCUT2D eigenvalue weighted by Gasteiger charge is 2.14. The fourth-order valence-corrected chi connectivity index (χ4v) is 2.02. The number of nitrogens with zero attached hydrogens (tertiary/aromatic N) is 2. The summed E-state index contributed by atoms with van der Waals surface area (Å²) in [6, 6.07) is 1.60. The highest BCUT2D eigenvalue weighted by atomic mass is 32.1. The van der Waals surface area contributed by atoms with Crippen molar-refractivity contribution in [1.29, 1.82) is 0 Å². The van der Waals surface area contributed by atoms with Crippen LogP contribution in [0.5, 0.6) is 5.19 Å². The molecule has 94 valence electrons. The quantitative estimate of drug-likeness (QED) is 0.848. The number of ether oxygens (including phenoxy) is 2. The highest BCUT2D eigenvalue weighted by Crippen LogP contribution is 2.27. The van der Waals surface area contributed by atoms with Gasteiger partial charge in [0.25, 0.3) is 5.19 Å². The van der Waals surface area contributed by atoms with Crippen LogP contribution >= 0.6 is 11.3 Å². The molecule has 0 saturated carbocycles. The summed E-state index contributed by atoms with van der Waals surface area (Å²) in [6.07, 6.45) is 1.55. The lowest BCUT2D eigenvalue weighted by Gasteiger charge is -2.04. The van der Waals surface area contributed by atoms with E-state index in [0.717, 1.165) is 0 Å². The fourth-order valence-electron chi connectivity index (χ4n) is 1.37. The van der Waals surface area contributed by atoms with E-state index in [9.17, 15) is 4.79 Å². The molecule has 0 aliphatic rings. The second kappa shape index (κ2) is 5.01. The zero-order chi connectivity index (χ0) is 13.1. The van der Waals surface area contributed by atoms with Gasteiger partial charge in [0, 0.05) is 17.1 Å². The van der Waals surface area contributed by atoms with Gasteiger partial charge in [-0.05, 0) is 6.07 Å². The number of carbonyl (C=O) groups excluding carboxylic acids is 1. The maximum atomic E-state index is 11.5. The molecule has 0 spiro atoms. The summed E-state index contributed by atoms with van der Waals surface area (Å²) in [4.78, 5) is 19.7. The zero-order valence-corrected chi connectivity index (χ0v) is 10.7. The molecule has 0 atom stereocenters. The molecule has 0 aliphatic heterocycles. The van der Waals surface area contributed by atoms with E-state index in [1.54, 1.807) is 19.4 Å². The van der Waals surface area contributed by atoms with Gasteiger partial charge in [0.05, 0.1) is 19.9 Å². The van der Waals surface area contributed by atoms with Crippen molar-refractivity contribution in [2.24, 2.45) is 0 Å². The van der Waals surface area contributed by atoms with Crippen molar-refractivity contribution in [3.63, 3.8) is 0 Å². The molecule has 2 aromatic heterocycles. The Bertz CT molecular complexity index is 583. The van der Waals surface area contributed by atoms with Crippen LogP contribution in [-0.2, 0) is 4.74 Å². The van der Waals surface area contributed by atoms with Gasteiger partial charge in [-0.2, -0.15) is 0 Å². The van der Waals surface area contributed by atoms with Crippen LogP contribution < -0.4 is 10.5 Å². The number of hydrogen-bond donors (Lipinski definition) is 1. The van der Waals surface area contributed by atoms with Crippen LogP contribution in [0.4, 0.5) is 5.82 Å². The SMILES string of the molecule is COC(=O)c1cc(-c2csc(OC)n2)cnc1N. The van der Waals surface area contributed by atoms with Crippen molar-refractivity contribution in [3.8, 4) is 16.5 Å². The first-order valence-corrected chi connectivity index (χ1v) is 5.87. The van der Waals surface area contributed by atoms with Crippen molar-refractivity contribution in [2.45, 2.75) is 0 Å². The molecule has 0 amide bonds. The molecule has 0 aliphatic carbocycles. The van der Waals surface area contributed by atoms with Gasteiger partial charge < -0.3 is 15.2 Å². The van der Waals surface area contributed by atoms with Crippen LogP contribution in [0, 0.1) is 0 Å². The molecule has 0 fully saturated rings. The van der Waals surface area contributed by atoms with Gasteiger partial charge in [-0.25, -0.2) is 14.8 Å². The Kier molecular flexibility index (Phi) is 3.42. The van der Waals surface area contributed by atoms with Crippen molar-refractivity contribution < 1.29 is 14.3 Å². The molecule has 0 radical (unpaired) electrons. The van der Waals surface area contributed by atoms with E-state index in [2.05, 4.69) is 14.7 Å². The maximum Gasteiger partial charge on any atom is 0.341 e. The Hall–Kier alpha value is -2.15. The second-order valence-electron chi connectivity index (χ2n) is 3.35. The van der Waals surface area contributed by atoms with Gasteiger partial charge >= 0.3 is 5.97 Å². The predicted octanol–water partition coefficient (Wildman–Crippen LogP) is 1.58. The average molecular weight is 265 g/mol. The standard InChI is InChI=1S/C11H11N3O3S/c1-16-10(15)7-3-6(4-13-9(7)12)8-5-18-11(14-8)17-2/h3-5H,1-2H3,(H2,12,13). The average Bonchev–Trinajstić information content (AvgIpc) is 2.87. The van der Waals surface area contributed by atoms with Crippen LogP contribution in [0.25, 0.3) is 11.3 Å². The molecule has 0 bridgehead atoms. The molecule has 0 aromatic carbocycles. The minimum absolute atomic E-state index is 0.132. The summed E-state index contributed by atoms with van der Waals surface area (Å²) in [5.74, 6) is -0.392. The molecule has 6 nitrogen and oxygen atoms in total. The van der Waals surface area contributed by atoms with Gasteiger partial charge in [-0.15, -0.1) is 0 Å². The van der Waals surface area contributed by atoms with Gasteiger partial charge in [0.15, 0.2) is 0 Å². The Labute approximate surface area is 107 Å². The normalized spacial score (nSPS) is 10.1. The summed E-state index contributed by atoms with van der Waals surface area (Å²) < 4.78 is 9.64. The van der Waals surface area contributed by atoms with Crippen molar-refractivity contribution in [2.75, 3.05) is 20.0 Å². The van der Waals surface area contributed by atoms with Gasteiger partial charge in [0.1, 0.15) is 11.4 Å². The third kappa shape index (κ3) is 2.25. The number of pyridine rings is 1. The number of aromatic nitrogens is 2. The van der Waals surface area contributed by atoms with Gasteiger partial charge in [-0.1, -0.05) is 11.3 Å². The summed E-state index contributed by atoms with van der Waals surface area (Å²) >= 11 is 1.36. The zero-order valence-electron chi connectivity index (χ0n) is 9.84. The largest absolute Gasteiger partial charge is 0.473 e. The monoisotopic (exact) mass is 265 g/mol. The number of thiazole rings is 1. The lowest BCUT2D eigenvalue weighted by atomic mass is 10.1. The number of carbonyl (C=O) groups is 1. The van der Waals surface area contributed by atoms with Gasteiger partial charge in [0.2, 0.25) is 0 Å². The number of rotatable bonds is 3. The van der Waals surface area contributed by atoms with Crippen LogP contribution in [0.3, 0.4) is 0 Å². The third-order valence-electron chi connectivity index (χ3n) is 2.28. The summed E-state index contributed by atoms with van der Waals surface area (Å²) in [6.45, 7) is 0. The molecular weight excluding hydrogens is 254 g/mol. The molecule has 2 N–H and O–H groups in total. The van der Waals surface area contributed by atoms with E-state index in [0.29, 0.717) is 16.5 Å². The first-order valence-electron chi connectivity index (χ1n) is 4.99. The molecular formula is C11H11N3O3S. The topological polar surface area (TPSA) is 87.3 Å². The Morgan fingerprint density at radius 1 is 1.44 bits per heavy atom. The van der Waals surface area contributed by atoms with Crippen LogP contribution in [0.1, 0.15) is 10.4 Å². The van der Waals surface area contributed by atoms with Crippen molar-refractivity contribution >= 4 is 23.1 Å². The maximum absolute atomic E-state index is 11.5. The molecule has 2 aromatic rings. The number of nitrogens with two attached hydrogens (primary N) is 1. The minimum atomic E-state index is -0.524. The van der Waals surface area contributed by atoms with E-state index in [1.165, 1.54) is 18.4 Å². The summed E-state index contributed by atoms with van der Waals surface area (Å²) in [7, 11) is 2.84. The Morgan fingerprint density at radius 2 is 2.22 bits per heavy atom. The summed E-state index contributed by atoms with van der Waals surface area (Å²) in [5, 5.41) is 2.36. The first-order chi connectivity index (χ1) is 8.65. The number of nitrogen functional groups attached to an aromatic ring is 1. The lowest BCUT2D eigenvalue weighted by molar-refractivity contribution is 0.0601. The highest BCUT2D eigenvalue weighted by molar-refractivity contribution is 7.11. The Balaban J connectivity index is 2.43. The molecule has 0 unspecified atom stereocenters. The minimum Gasteiger partial charge on any atom is -0.473 e. The van der Waals surface area contributed by atoms with Crippen LogP contribution in [0.2, 0.25) is 0 Å². The molecule has 2 heterocycles. The smallest absolute Gasteiger partial charge is 0.341 e. The molecule has 0 saturated heterocycles. The molecule has 18 heavy (non-hydrogen) atoms.